The lowest BCUT2D eigenvalue weighted by molar-refractivity contribution is -0.132. The van der Waals surface area contributed by atoms with Crippen molar-refractivity contribution in [3.8, 4) is 0 Å². The smallest absolute Gasteiger partial charge is 0.300 e. The Bertz CT molecular complexity index is 1560. The summed E-state index contributed by atoms with van der Waals surface area (Å²) in [4.78, 5) is 32.0. The largest absolute Gasteiger partial charge is 0.507 e. The summed E-state index contributed by atoms with van der Waals surface area (Å²) >= 11 is 3.49. The summed E-state index contributed by atoms with van der Waals surface area (Å²) in [5.41, 5.74) is 6.77. The number of aliphatic hydroxyl groups excluding tert-OH is 1. The molecule has 2 N–H and O–H groups in total. The number of aryl methyl sites for hydroxylation is 4. The molecule has 35 heavy (non-hydrogen) atoms. The Kier molecular flexibility index (Phi) is 5.64. The molecule has 5 rings (SSSR count). The fraction of sp³-hybridized carbons (Fsp3) is 0.172. The summed E-state index contributed by atoms with van der Waals surface area (Å²) in [5.74, 6) is -1.53. The molecule has 1 aromatic heterocycles. The number of aromatic nitrogens is 1. The van der Waals surface area contributed by atoms with Crippen molar-refractivity contribution in [3.05, 3.63) is 104 Å². The molecule has 0 bridgehead atoms. The number of ketones is 1. The van der Waals surface area contributed by atoms with E-state index in [2.05, 4.69) is 20.9 Å². The van der Waals surface area contributed by atoms with E-state index in [0.717, 1.165) is 43.3 Å². The van der Waals surface area contributed by atoms with Crippen LogP contribution in [0.1, 0.15) is 39.6 Å². The number of anilines is 1. The minimum atomic E-state index is -0.780. The molecule has 1 unspecified atom stereocenters. The molecular weight excluding hydrogens is 504 g/mol. The van der Waals surface area contributed by atoms with Crippen LogP contribution < -0.4 is 4.90 Å². The topological polar surface area (TPSA) is 73.4 Å². The number of fused-ring (bicyclic) bond motifs is 1. The maximum absolute atomic E-state index is 13.5. The number of rotatable bonds is 3. The molecule has 1 amide bonds. The van der Waals surface area contributed by atoms with E-state index in [1.54, 1.807) is 6.07 Å². The minimum absolute atomic E-state index is 0.0859. The first-order valence-corrected chi connectivity index (χ1v) is 12.2. The van der Waals surface area contributed by atoms with Gasteiger partial charge < -0.3 is 10.1 Å². The molecule has 1 aliphatic heterocycles. The van der Waals surface area contributed by atoms with Crippen molar-refractivity contribution in [1.29, 1.82) is 0 Å². The second kappa shape index (κ2) is 8.54. The molecule has 1 saturated heterocycles. The Hall–Kier alpha value is -3.64. The van der Waals surface area contributed by atoms with E-state index in [1.165, 1.54) is 4.90 Å². The predicted molar refractivity (Wildman–Crippen MR) is 143 cm³/mol. The summed E-state index contributed by atoms with van der Waals surface area (Å²) in [6.07, 6.45) is 0. The number of carbonyl (C=O) groups is 2. The van der Waals surface area contributed by atoms with Gasteiger partial charge in [0.15, 0.2) is 0 Å². The van der Waals surface area contributed by atoms with Gasteiger partial charge in [0.2, 0.25) is 0 Å². The second-order valence-corrected chi connectivity index (χ2v) is 9.97. The average Bonchev–Trinajstić information content (AvgIpc) is 3.29. The zero-order valence-electron chi connectivity index (χ0n) is 19.9. The fourth-order valence-corrected chi connectivity index (χ4v) is 5.09. The molecule has 4 aromatic rings. The third-order valence-electron chi connectivity index (χ3n) is 6.86. The minimum Gasteiger partial charge on any atom is -0.507 e. The van der Waals surface area contributed by atoms with Gasteiger partial charge in [0.05, 0.1) is 11.6 Å². The Morgan fingerprint density at radius 3 is 2.37 bits per heavy atom. The molecular formula is C29H25BrN2O3. The fourth-order valence-electron chi connectivity index (χ4n) is 4.85. The van der Waals surface area contributed by atoms with Gasteiger partial charge in [0.25, 0.3) is 11.7 Å². The number of aliphatic hydroxyl groups is 1. The van der Waals surface area contributed by atoms with Gasteiger partial charge in [0, 0.05) is 37.9 Å². The Balaban J connectivity index is 1.82. The highest BCUT2D eigenvalue weighted by molar-refractivity contribution is 9.10. The monoisotopic (exact) mass is 528 g/mol. The molecule has 1 atom stereocenters. The van der Waals surface area contributed by atoms with Crippen LogP contribution in [0.15, 0.2) is 70.7 Å². The highest BCUT2D eigenvalue weighted by atomic mass is 79.9. The van der Waals surface area contributed by atoms with Crippen LogP contribution in [0.4, 0.5) is 5.69 Å². The number of nitrogens with zero attached hydrogens (tertiary/aromatic N) is 1. The standard InChI is InChI=1S/C29H25BrN2O3/c1-15-9-11-20(14-16(15)2)32-26(24-18(4)31-23-8-6-5-7-21(23)24)25(28(34)29(32)35)27(33)19-10-12-22(30)17(3)13-19/h5-14,26,31,33H,1-4H3/b27-25+. The molecule has 0 aliphatic carbocycles. The van der Waals surface area contributed by atoms with Crippen LogP contribution in [0.3, 0.4) is 0 Å². The number of nitrogens with one attached hydrogen (secondary N) is 1. The van der Waals surface area contributed by atoms with Crippen molar-refractivity contribution in [2.75, 3.05) is 4.90 Å². The van der Waals surface area contributed by atoms with E-state index in [0.29, 0.717) is 11.3 Å². The summed E-state index contributed by atoms with van der Waals surface area (Å²) < 4.78 is 0.897. The first-order chi connectivity index (χ1) is 16.7. The van der Waals surface area contributed by atoms with Crippen LogP contribution in [0.25, 0.3) is 16.7 Å². The van der Waals surface area contributed by atoms with Crippen molar-refractivity contribution in [3.63, 3.8) is 0 Å². The van der Waals surface area contributed by atoms with Crippen molar-refractivity contribution in [2.24, 2.45) is 0 Å². The summed E-state index contributed by atoms with van der Waals surface area (Å²) in [6, 6.07) is 18.1. The van der Waals surface area contributed by atoms with Gasteiger partial charge in [-0.1, -0.05) is 46.3 Å². The summed E-state index contributed by atoms with van der Waals surface area (Å²) in [6.45, 7) is 7.83. The maximum atomic E-state index is 13.5. The van der Waals surface area contributed by atoms with Crippen LogP contribution in [0.5, 0.6) is 0 Å². The SMILES string of the molecule is Cc1ccc(N2C(=O)C(=O)/C(=C(/O)c3ccc(Br)c(C)c3)C2c2c(C)[nH]c3ccccc23)cc1C. The van der Waals surface area contributed by atoms with Crippen molar-refractivity contribution in [1.82, 2.24) is 4.98 Å². The first kappa shape index (κ1) is 23.1. The van der Waals surface area contributed by atoms with E-state index < -0.39 is 17.7 Å². The van der Waals surface area contributed by atoms with Crippen LogP contribution in [0, 0.1) is 27.7 Å². The van der Waals surface area contributed by atoms with Gasteiger partial charge in [-0.15, -0.1) is 0 Å². The van der Waals surface area contributed by atoms with Crippen LogP contribution in [0.2, 0.25) is 0 Å². The van der Waals surface area contributed by atoms with Crippen molar-refractivity contribution < 1.29 is 14.7 Å². The van der Waals surface area contributed by atoms with Crippen LogP contribution in [-0.2, 0) is 9.59 Å². The van der Waals surface area contributed by atoms with Gasteiger partial charge in [-0.3, -0.25) is 14.5 Å². The Morgan fingerprint density at radius 2 is 1.66 bits per heavy atom. The molecule has 0 spiro atoms. The Morgan fingerprint density at radius 1 is 0.914 bits per heavy atom. The zero-order chi connectivity index (χ0) is 25.0. The molecule has 1 fully saturated rings. The van der Waals surface area contributed by atoms with E-state index in [9.17, 15) is 14.7 Å². The van der Waals surface area contributed by atoms with Crippen LogP contribution >= 0.6 is 15.9 Å². The summed E-state index contributed by atoms with van der Waals surface area (Å²) in [7, 11) is 0. The number of aromatic amines is 1. The summed E-state index contributed by atoms with van der Waals surface area (Å²) in [5, 5.41) is 12.4. The van der Waals surface area contributed by atoms with Gasteiger partial charge in [-0.2, -0.15) is 0 Å². The normalized spacial score (nSPS) is 17.5. The van der Waals surface area contributed by atoms with E-state index >= 15 is 0 Å². The average molecular weight is 529 g/mol. The third-order valence-corrected chi connectivity index (χ3v) is 7.75. The lowest BCUT2D eigenvalue weighted by atomic mass is 9.92. The van der Waals surface area contributed by atoms with Gasteiger partial charge in [-0.25, -0.2) is 0 Å². The van der Waals surface area contributed by atoms with Gasteiger partial charge in [-0.05, 0) is 74.7 Å². The molecule has 0 saturated carbocycles. The van der Waals surface area contributed by atoms with E-state index in [1.807, 2.05) is 82.3 Å². The number of benzene rings is 3. The first-order valence-electron chi connectivity index (χ1n) is 11.4. The number of para-hydroxylation sites is 1. The van der Waals surface area contributed by atoms with E-state index in [-0.39, 0.29) is 11.3 Å². The molecule has 3 aromatic carbocycles. The highest BCUT2D eigenvalue weighted by Crippen LogP contribution is 2.45. The quantitative estimate of drug-likeness (QED) is 0.174. The maximum Gasteiger partial charge on any atom is 0.300 e. The number of hydrogen-bond donors (Lipinski definition) is 2. The third kappa shape index (κ3) is 3.69. The number of hydrogen-bond acceptors (Lipinski definition) is 3. The lowest BCUT2D eigenvalue weighted by Gasteiger charge is -2.26. The number of halogens is 1. The van der Waals surface area contributed by atoms with Crippen LogP contribution in [-0.4, -0.2) is 21.8 Å². The van der Waals surface area contributed by atoms with Gasteiger partial charge in [0.1, 0.15) is 5.76 Å². The molecule has 6 heteroatoms. The molecule has 2 heterocycles. The van der Waals surface area contributed by atoms with E-state index in [4.69, 9.17) is 0 Å². The number of H-pyrrole nitrogens is 1. The number of amides is 1. The Labute approximate surface area is 212 Å². The predicted octanol–water partition coefficient (Wildman–Crippen LogP) is 6.79. The van der Waals surface area contributed by atoms with Crippen molar-refractivity contribution in [2.45, 2.75) is 33.7 Å². The number of Topliss-reactive ketones (excluding diaryl/α,β-unsaturated/α-hetero) is 1. The molecule has 0 radical (unpaired) electrons. The highest BCUT2D eigenvalue weighted by Gasteiger charge is 2.48. The van der Waals surface area contributed by atoms with Gasteiger partial charge >= 0.3 is 0 Å². The molecule has 1 aliphatic rings. The lowest BCUT2D eigenvalue weighted by Crippen LogP contribution is -2.29. The zero-order valence-corrected chi connectivity index (χ0v) is 21.5. The second-order valence-electron chi connectivity index (χ2n) is 9.11. The molecule has 5 nitrogen and oxygen atoms in total. The molecule has 176 valence electrons. The van der Waals surface area contributed by atoms with Crippen molar-refractivity contribution >= 4 is 50.0 Å². The number of carbonyl (C=O) groups excluding carboxylic acids is 2.